The van der Waals surface area contributed by atoms with Gasteiger partial charge in [-0.2, -0.15) is 0 Å². The Labute approximate surface area is 157 Å². The van der Waals surface area contributed by atoms with E-state index < -0.39 is 15.4 Å². The first-order valence-electron chi connectivity index (χ1n) is 8.13. The number of nitro groups is 1. The molecule has 0 saturated heterocycles. The molecule has 132 valence electrons. The number of nitrogens with one attached hydrogen (secondary N) is 1. The van der Waals surface area contributed by atoms with Gasteiger partial charge in [0.1, 0.15) is 5.01 Å². The van der Waals surface area contributed by atoms with Crippen LogP contribution >= 0.6 is 11.3 Å². The smallest absolute Gasteiger partial charge is 0.334 e. The predicted molar refractivity (Wildman–Crippen MR) is 108 cm³/mol. The molecule has 0 fully saturated rings. The molecule has 4 aromatic rings. The average Bonchev–Trinajstić information content (AvgIpc) is 2.68. The van der Waals surface area contributed by atoms with E-state index >= 15 is 0 Å². The van der Waals surface area contributed by atoms with Crippen LogP contribution in [0.1, 0.15) is 0 Å². The third kappa shape index (κ3) is 3.28. The van der Waals surface area contributed by atoms with Crippen molar-refractivity contribution in [2.75, 3.05) is 5.32 Å². The summed E-state index contributed by atoms with van der Waals surface area (Å²) in [6.45, 7) is 0. The van der Waals surface area contributed by atoms with E-state index in [1.807, 2.05) is 66.7 Å². The molecule has 0 bridgehead atoms. The number of fused-ring (bicyclic) bond motifs is 1. The van der Waals surface area contributed by atoms with Gasteiger partial charge in [-0.05, 0) is 11.5 Å². The monoisotopic (exact) mass is 375 g/mol. The lowest BCUT2D eigenvalue weighted by Gasteiger charge is -2.10. The molecule has 27 heavy (non-hydrogen) atoms. The van der Waals surface area contributed by atoms with Gasteiger partial charge in [0.25, 0.3) is 0 Å². The van der Waals surface area contributed by atoms with Crippen molar-refractivity contribution >= 4 is 39.3 Å². The Morgan fingerprint density at radius 1 is 0.926 bits per heavy atom. The summed E-state index contributed by atoms with van der Waals surface area (Å²) < 4.78 is -0.642. The zero-order valence-electron chi connectivity index (χ0n) is 14.0. The Morgan fingerprint density at radius 3 is 2.41 bits per heavy atom. The SMILES string of the molecule is O=c1sc(-c2ccccc2)nc(Nc2cccc3ccccc23)c1[N+](=O)[O-]. The molecule has 0 spiro atoms. The molecule has 0 amide bonds. The summed E-state index contributed by atoms with van der Waals surface area (Å²) in [7, 11) is 0. The fourth-order valence-corrected chi connectivity index (χ4v) is 3.66. The molecule has 0 saturated carbocycles. The van der Waals surface area contributed by atoms with Crippen molar-refractivity contribution in [1.29, 1.82) is 0 Å². The molecular formula is C20H13N3O3S. The Balaban J connectivity index is 1.89. The van der Waals surface area contributed by atoms with Crippen LogP contribution in [-0.4, -0.2) is 9.91 Å². The summed E-state index contributed by atoms with van der Waals surface area (Å²) in [5, 5.41) is 16.8. The highest BCUT2D eigenvalue weighted by molar-refractivity contribution is 7.12. The van der Waals surface area contributed by atoms with Crippen molar-refractivity contribution < 1.29 is 4.92 Å². The summed E-state index contributed by atoms with van der Waals surface area (Å²) in [6.07, 6.45) is 0. The molecule has 0 aliphatic heterocycles. The third-order valence-electron chi connectivity index (χ3n) is 4.07. The zero-order valence-corrected chi connectivity index (χ0v) is 14.8. The first-order chi connectivity index (χ1) is 13.1. The standard InChI is InChI=1S/C20H13N3O3S/c24-20-17(23(25)26)18(22-19(27-20)14-8-2-1-3-9-14)21-16-12-6-10-13-7-4-5-11-15(13)16/h1-12,21H. The maximum Gasteiger partial charge on any atom is 0.369 e. The lowest BCUT2D eigenvalue weighted by Crippen LogP contribution is -2.10. The number of aromatic nitrogens is 1. The molecule has 1 aromatic heterocycles. The van der Waals surface area contributed by atoms with Crippen LogP contribution in [0.25, 0.3) is 21.3 Å². The van der Waals surface area contributed by atoms with E-state index in [4.69, 9.17) is 0 Å². The Kier molecular flexibility index (Phi) is 4.35. The second-order valence-electron chi connectivity index (χ2n) is 5.78. The van der Waals surface area contributed by atoms with Gasteiger partial charge in [0, 0.05) is 16.6 Å². The molecule has 1 heterocycles. The highest BCUT2D eigenvalue weighted by Crippen LogP contribution is 2.31. The zero-order chi connectivity index (χ0) is 18.8. The van der Waals surface area contributed by atoms with Crippen molar-refractivity contribution in [2.24, 2.45) is 0 Å². The van der Waals surface area contributed by atoms with Crippen molar-refractivity contribution in [3.63, 3.8) is 0 Å². The molecule has 0 aliphatic carbocycles. The Hall–Kier alpha value is -3.58. The number of nitrogens with zero attached hydrogens (tertiary/aromatic N) is 2. The van der Waals surface area contributed by atoms with Crippen LogP contribution in [0.5, 0.6) is 0 Å². The summed E-state index contributed by atoms with van der Waals surface area (Å²) in [5.41, 5.74) is 0.835. The lowest BCUT2D eigenvalue weighted by atomic mass is 10.1. The minimum atomic E-state index is -0.686. The summed E-state index contributed by atoms with van der Waals surface area (Å²) >= 11 is 0.765. The summed E-state index contributed by atoms with van der Waals surface area (Å²) in [4.78, 5) is 27.6. The van der Waals surface area contributed by atoms with Gasteiger partial charge >= 0.3 is 10.4 Å². The largest absolute Gasteiger partial charge is 0.369 e. The normalized spacial score (nSPS) is 10.7. The highest BCUT2D eigenvalue weighted by Gasteiger charge is 2.24. The van der Waals surface area contributed by atoms with Crippen LogP contribution < -0.4 is 10.1 Å². The molecule has 0 atom stereocenters. The maximum absolute atomic E-state index is 12.4. The van der Waals surface area contributed by atoms with E-state index in [0.717, 1.165) is 27.7 Å². The number of benzene rings is 3. The Morgan fingerprint density at radius 2 is 1.63 bits per heavy atom. The van der Waals surface area contributed by atoms with E-state index in [2.05, 4.69) is 10.3 Å². The molecule has 0 unspecified atom stereocenters. The molecule has 4 rings (SSSR count). The molecule has 3 aromatic carbocycles. The minimum absolute atomic E-state index is 0.0565. The van der Waals surface area contributed by atoms with E-state index in [0.29, 0.717) is 10.7 Å². The van der Waals surface area contributed by atoms with Crippen LogP contribution in [0.2, 0.25) is 0 Å². The fourth-order valence-electron chi connectivity index (χ4n) is 2.82. The van der Waals surface area contributed by atoms with Gasteiger partial charge in [0.2, 0.25) is 5.82 Å². The maximum atomic E-state index is 12.4. The van der Waals surface area contributed by atoms with Crippen LogP contribution in [-0.2, 0) is 0 Å². The number of hydrogen-bond donors (Lipinski definition) is 1. The van der Waals surface area contributed by atoms with Crippen LogP contribution in [0.4, 0.5) is 17.2 Å². The minimum Gasteiger partial charge on any atom is -0.334 e. The van der Waals surface area contributed by atoms with E-state index in [9.17, 15) is 14.9 Å². The summed E-state index contributed by atoms with van der Waals surface area (Å²) in [5.74, 6) is -0.0565. The van der Waals surface area contributed by atoms with Crippen molar-refractivity contribution in [2.45, 2.75) is 0 Å². The topological polar surface area (TPSA) is 85.1 Å². The van der Waals surface area contributed by atoms with Gasteiger partial charge in [-0.1, -0.05) is 78.1 Å². The van der Waals surface area contributed by atoms with Crippen LogP contribution in [0.3, 0.4) is 0 Å². The molecule has 7 heteroatoms. The number of rotatable bonds is 4. The molecule has 0 radical (unpaired) electrons. The van der Waals surface area contributed by atoms with Gasteiger partial charge in [-0.3, -0.25) is 14.9 Å². The average molecular weight is 375 g/mol. The quantitative estimate of drug-likeness (QED) is 0.402. The second-order valence-corrected chi connectivity index (χ2v) is 6.74. The number of hydrogen-bond acceptors (Lipinski definition) is 6. The number of anilines is 2. The molecule has 1 N–H and O–H groups in total. The predicted octanol–water partition coefficient (Wildman–Crippen LogP) is 4.98. The van der Waals surface area contributed by atoms with Crippen molar-refractivity contribution in [3.8, 4) is 10.6 Å². The first kappa shape index (κ1) is 16.9. The van der Waals surface area contributed by atoms with E-state index in [1.54, 1.807) is 6.07 Å². The Bertz CT molecular complexity index is 1200. The molecule has 6 nitrogen and oxygen atoms in total. The van der Waals surface area contributed by atoms with Gasteiger partial charge < -0.3 is 5.32 Å². The summed E-state index contributed by atoms with van der Waals surface area (Å²) in [6, 6.07) is 22.4. The van der Waals surface area contributed by atoms with Gasteiger partial charge in [-0.25, -0.2) is 4.98 Å². The van der Waals surface area contributed by atoms with Crippen molar-refractivity contribution in [1.82, 2.24) is 4.98 Å². The van der Waals surface area contributed by atoms with Crippen LogP contribution in [0.15, 0.2) is 77.6 Å². The molecule has 0 aliphatic rings. The van der Waals surface area contributed by atoms with Gasteiger partial charge in [0.05, 0.1) is 4.92 Å². The first-order valence-corrected chi connectivity index (χ1v) is 8.95. The fraction of sp³-hybridized carbons (Fsp3) is 0. The van der Waals surface area contributed by atoms with Crippen molar-refractivity contribution in [3.05, 3.63) is 92.4 Å². The second kappa shape index (κ2) is 6.97. The van der Waals surface area contributed by atoms with Gasteiger partial charge in [-0.15, -0.1) is 0 Å². The van der Waals surface area contributed by atoms with E-state index in [1.165, 1.54) is 0 Å². The van der Waals surface area contributed by atoms with Gasteiger partial charge in [0.15, 0.2) is 0 Å². The highest BCUT2D eigenvalue weighted by atomic mass is 32.1. The van der Waals surface area contributed by atoms with Crippen LogP contribution in [0, 0.1) is 10.1 Å². The third-order valence-corrected chi connectivity index (χ3v) is 4.97. The molecular weight excluding hydrogens is 362 g/mol. The van der Waals surface area contributed by atoms with E-state index in [-0.39, 0.29) is 5.82 Å². The lowest BCUT2D eigenvalue weighted by molar-refractivity contribution is -0.384.